The first-order valence-corrected chi connectivity index (χ1v) is 5.57. The van der Waals surface area contributed by atoms with Crippen molar-refractivity contribution < 1.29 is 0 Å². The average molecular weight is 180 g/mol. The average Bonchev–Trinajstić information content (AvgIpc) is 2.11. The SMILES string of the molecule is C1=C(CCNC2CCC2)CNCC1. The quantitative estimate of drug-likeness (QED) is 0.640. The van der Waals surface area contributed by atoms with Crippen molar-refractivity contribution in [1.82, 2.24) is 10.6 Å². The molecule has 0 amide bonds. The molecular weight excluding hydrogens is 160 g/mol. The number of rotatable bonds is 4. The lowest BCUT2D eigenvalue weighted by molar-refractivity contribution is 0.341. The van der Waals surface area contributed by atoms with Crippen LogP contribution in [0.2, 0.25) is 0 Å². The van der Waals surface area contributed by atoms with E-state index in [2.05, 4.69) is 16.7 Å². The van der Waals surface area contributed by atoms with E-state index in [1.165, 1.54) is 45.2 Å². The zero-order valence-corrected chi connectivity index (χ0v) is 8.31. The number of hydrogen-bond acceptors (Lipinski definition) is 2. The molecule has 0 aromatic carbocycles. The van der Waals surface area contributed by atoms with E-state index in [9.17, 15) is 0 Å². The van der Waals surface area contributed by atoms with Crippen molar-refractivity contribution in [3.63, 3.8) is 0 Å². The van der Waals surface area contributed by atoms with Crippen LogP contribution in [0.15, 0.2) is 11.6 Å². The van der Waals surface area contributed by atoms with Gasteiger partial charge in [-0.3, -0.25) is 0 Å². The van der Waals surface area contributed by atoms with Crippen molar-refractivity contribution in [1.29, 1.82) is 0 Å². The van der Waals surface area contributed by atoms with Crippen LogP contribution < -0.4 is 10.6 Å². The van der Waals surface area contributed by atoms with Crippen LogP contribution in [0.5, 0.6) is 0 Å². The van der Waals surface area contributed by atoms with E-state index in [0.717, 1.165) is 12.6 Å². The lowest BCUT2D eigenvalue weighted by atomic mass is 9.93. The van der Waals surface area contributed by atoms with Crippen LogP contribution in [0.4, 0.5) is 0 Å². The van der Waals surface area contributed by atoms with Crippen LogP contribution >= 0.6 is 0 Å². The van der Waals surface area contributed by atoms with Crippen LogP contribution in [-0.4, -0.2) is 25.7 Å². The summed E-state index contributed by atoms with van der Waals surface area (Å²) < 4.78 is 0. The molecule has 1 aliphatic heterocycles. The molecule has 0 saturated heterocycles. The third kappa shape index (κ3) is 2.82. The monoisotopic (exact) mass is 180 g/mol. The summed E-state index contributed by atoms with van der Waals surface area (Å²) in [5.41, 5.74) is 1.60. The van der Waals surface area contributed by atoms with Gasteiger partial charge in [-0.2, -0.15) is 0 Å². The first-order valence-electron chi connectivity index (χ1n) is 5.57. The molecule has 1 aliphatic carbocycles. The van der Waals surface area contributed by atoms with Crippen LogP contribution in [-0.2, 0) is 0 Å². The second-order valence-electron chi connectivity index (χ2n) is 4.16. The van der Waals surface area contributed by atoms with Crippen LogP contribution in [0.25, 0.3) is 0 Å². The second kappa shape index (κ2) is 4.77. The molecule has 2 heteroatoms. The van der Waals surface area contributed by atoms with Gasteiger partial charge in [-0.25, -0.2) is 0 Å². The first kappa shape index (κ1) is 9.22. The Morgan fingerprint density at radius 2 is 2.38 bits per heavy atom. The van der Waals surface area contributed by atoms with Gasteiger partial charge >= 0.3 is 0 Å². The molecule has 1 saturated carbocycles. The predicted octanol–water partition coefficient (Wildman–Crippen LogP) is 1.44. The summed E-state index contributed by atoms with van der Waals surface area (Å²) >= 11 is 0. The van der Waals surface area contributed by atoms with Gasteiger partial charge < -0.3 is 10.6 Å². The van der Waals surface area contributed by atoms with Gasteiger partial charge in [0.2, 0.25) is 0 Å². The van der Waals surface area contributed by atoms with Crippen LogP contribution in [0.1, 0.15) is 32.1 Å². The molecule has 2 aliphatic rings. The molecule has 0 spiro atoms. The van der Waals surface area contributed by atoms with E-state index in [0.29, 0.717) is 0 Å². The minimum absolute atomic E-state index is 0.845. The molecule has 1 heterocycles. The molecule has 13 heavy (non-hydrogen) atoms. The van der Waals surface area contributed by atoms with E-state index < -0.39 is 0 Å². The topological polar surface area (TPSA) is 24.1 Å². The molecule has 2 nitrogen and oxygen atoms in total. The maximum absolute atomic E-state index is 3.60. The van der Waals surface area contributed by atoms with Gasteiger partial charge in [-0.1, -0.05) is 18.1 Å². The Balaban J connectivity index is 1.58. The highest BCUT2D eigenvalue weighted by molar-refractivity contribution is 5.07. The summed E-state index contributed by atoms with van der Waals surface area (Å²) in [5.74, 6) is 0. The van der Waals surface area contributed by atoms with Gasteiger partial charge in [-0.15, -0.1) is 0 Å². The summed E-state index contributed by atoms with van der Waals surface area (Å²) in [6, 6.07) is 0.845. The molecule has 0 unspecified atom stereocenters. The second-order valence-corrected chi connectivity index (χ2v) is 4.16. The van der Waals surface area contributed by atoms with Crippen molar-refractivity contribution in [2.75, 3.05) is 19.6 Å². The first-order chi connectivity index (χ1) is 6.45. The van der Waals surface area contributed by atoms with Crippen molar-refractivity contribution in [2.45, 2.75) is 38.1 Å². The summed E-state index contributed by atoms with van der Waals surface area (Å²) in [7, 11) is 0. The highest BCUT2D eigenvalue weighted by Crippen LogP contribution is 2.18. The summed E-state index contributed by atoms with van der Waals surface area (Å²) in [5, 5.41) is 7.00. The van der Waals surface area contributed by atoms with Crippen LogP contribution in [0, 0.1) is 0 Å². The largest absolute Gasteiger partial charge is 0.314 e. The third-order valence-corrected chi connectivity index (χ3v) is 3.09. The smallest absolute Gasteiger partial charge is 0.0165 e. The minimum atomic E-state index is 0.845. The maximum atomic E-state index is 3.60. The normalized spacial score (nSPS) is 23.8. The van der Waals surface area contributed by atoms with Crippen molar-refractivity contribution in [3.8, 4) is 0 Å². The molecule has 1 fully saturated rings. The van der Waals surface area contributed by atoms with E-state index in [1.54, 1.807) is 5.57 Å². The Hall–Kier alpha value is -0.340. The van der Waals surface area contributed by atoms with Gasteiger partial charge in [-0.05, 0) is 38.8 Å². The summed E-state index contributed by atoms with van der Waals surface area (Å²) in [4.78, 5) is 0. The van der Waals surface area contributed by atoms with Gasteiger partial charge in [0.25, 0.3) is 0 Å². The molecule has 0 atom stereocenters. The molecule has 74 valence electrons. The molecular formula is C11H20N2. The Kier molecular flexibility index (Phi) is 3.39. The van der Waals surface area contributed by atoms with E-state index in [-0.39, 0.29) is 0 Å². The minimum Gasteiger partial charge on any atom is -0.314 e. The maximum Gasteiger partial charge on any atom is 0.0165 e. The van der Waals surface area contributed by atoms with E-state index >= 15 is 0 Å². The Bertz CT molecular complexity index is 183. The van der Waals surface area contributed by atoms with E-state index in [4.69, 9.17) is 0 Å². The van der Waals surface area contributed by atoms with E-state index in [1.807, 2.05) is 0 Å². The Morgan fingerprint density at radius 3 is 3.00 bits per heavy atom. The van der Waals surface area contributed by atoms with Gasteiger partial charge in [0, 0.05) is 12.6 Å². The van der Waals surface area contributed by atoms with Crippen molar-refractivity contribution in [2.24, 2.45) is 0 Å². The lowest BCUT2D eigenvalue weighted by Crippen LogP contribution is -2.36. The van der Waals surface area contributed by atoms with Gasteiger partial charge in [0.15, 0.2) is 0 Å². The van der Waals surface area contributed by atoms with Gasteiger partial charge in [0.05, 0.1) is 0 Å². The van der Waals surface area contributed by atoms with Crippen molar-refractivity contribution >= 4 is 0 Å². The Morgan fingerprint density at radius 1 is 1.46 bits per heavy atom. The number of hydrogen-bond donors (Lipinski definition) is 2. The number of nitrogens with one attached hydrogen (secondary N) is 2. The molecule has 2 N–H and O–H groups in total. The molecule has 2 rings (SSSR count). The Labute approximate surface area is 80.8 Å². The zero-order chi connectivity index (χ0) is 8.93. The van der Waals surface area contributed by atoms with Crippen molar-refractivity contribution in [3.05, 3.63) is 11.6 Å². The fraction of sp³-hybridized carbons (Fsp3) is 0.818. The van der Waals surface area contributed by atoms with Crippen LogP contribution in [0.3, 0.4) is 0 Å². The fourth-order valence-electron chi connectivity index (χ4n) is 1.94. The highest BCUT2D eigenvalue weighted by Gasteiger charge is 2.15. The highest BCUT2D eigenvalue weighted by atomic mass is 14.9. The predicted molar refractivity (Wildman–Crippen MR) is 55.8 cm³/mol. The summed E-state index contributed by atoms with van der Waals surface area (Å²) in [6.45, 7) is 3.46. The molecule has 0 aromatic heterocycles. The standard InChI is InChI=1S/C11H20N2/c1-4-11(5-1)13-8-6-10-3-2-7-12-9-10/h3,11-13H,1-2,4-9H2. The van der Waals surface area contributed by atoms with Gasteiger partial charge in [0.1, 0.15) is 0 Å². The fourth-order valence-corrected chi connectivity index (χ4v) is 1.94. The third-order valence-electron chi connectivity index (χ3n) is 3.09. The molecule has 0 radical (unpaired) electrons. The molecule has 0 bridgehead atoms. The lowest BCUT2D eigenvalue weighted by Gasteiger charge is -2.27. The zero-order valence-electron chi connectivity index (χ0n) is 8.31. The summed E-state index contributed by atoms with van der Waals surface area (Å²) in [6.07, 6.45) is 9.09. The molecule has 0 aromatic rings.